The van der Waals surface area contributed by atoms with Crippen molar-refractivity contribution in [2.24, 2.45) is 5.92 Å². The quantitative estimate of drug-likeness (QED) is 0.634. The average Bonchev–Trinajstić information content (AvgIpc) is 3.10. The first-order valence-electron chi connectivity index (χ1n) is 8.36. The van der Waals surface area contributed by atoms with E-state index in [1.165, 1.54) is 29.5 Å². The van der Waals surface area contributed by atoms with E-state index in [4.69, 9.17) is 0 Å². The molecule has 134 valence electrons. The number of nitrogens with one attached hydrogen (secondary N) is 1. The molecule has 0 aliphatic carbocycles. The van der Waals surface area contributed by atoms with Gasteiger partial charge in [0.2, 0.25) is 10.3 Å². The van der Waals surface area contributed by atoms with Crippen molar-refractivity contribution in [3.8, 4) is 11.8 Å². The predicted molar refractivity (Wildman–Crippen MR) is 101 cm³/mol. The van der Waals surface area contributed by atoms with Crippen LogP contribution in [0.4, 0.5) is 10.3 Å². The van der Waals surface area contributed by atoms with Gasteiger partial charge in [-0.1, -0.05) is 30.4 Å². The lowest BCUT2D eigenvalue weighted by Gasteiger charge is -2.29. The van der Waals surface area contributed by atoms with Crippen LogP contribution in [0.3, 0.4) is 0 Å². The van der Waals surface area contributed by atoms with Gasteiger partial charge < -0.3 is 10.0 Å². The molecule has 2 N–H and O–H groups in total. The highest BCUT2D eigenvalue weighted by Gasteiger charge is 2.20. The third-order valence-corrected chi connectivity index (χ3v) is 5.16. The van der Waals surface area contributed by atoms with Crippen molar-refractivity contribution in [1.29, 1.82) is 5.26 Å². The van der Waals surface area contributed by atoms with Crippen molar-refractivity contribution in [3.05, 3.63) is 35.4 Å². The highest BCUT2D eigenvalue weighted by atomic mass is 32.1. The fourth-order valence-electron chi connectivity index (χ4n) is 2.64. The maximum absolute atomic E-state index is 12.3. The van der Waals surface area contributed by atoms with E-state index in [9.17, 15) is 15.2 Å². The Balaban J connectivity index is 1.67. The van der Waals surface area contributed by atoms with Gasteiger partial charge in [0.05, 0.1) is 0 Å². The van der Waals surface area contributed by atoms with Gasteiger partial charge in [0, 0.05) is 13.1 Å². The van der Waals surface area contributed by atoms with Crippen LogP contribution in [0.5, 0.6) is 5.75 Å². The Morgan fingerprint density at radius 1 is 1.35 bits per heavy atom. The second-order valence-electron chi connectivity index (χ2n) is 6.27. The van der Waals surface area contributed by atoms with Crippen LogP contribution in [-0.2, 0) is 4.79 Å². The molecular weight excluding hydrogens is 350 g/mol. The van der Waals surface area contributed by atoms with Gasteiger partial charge in [-0.3, -0.25) is 10.1 Å². The molecule has 1 amide bonds. The number of nitriles is 1. The van der Waals surface area contributed by atoms with E-state index in [1.54, 1.807) is 12.1 Å². The summed E-state index contributed by atoms with van der Waals surface area (Å²) in [6.07, 6.45) is 3.70. The number of carbonyl (C=O) groups is 1. The van der Waals surface area contributed by atoms with E-state index < -0.39 is 5.91 Å². The topological polar surface area (TPSA) is 102 Å². The Morgan fingerprint density at radius 3 is 2.69 bits per heavy atom. The van der Waals surface area contributed by atoms with E-state index >= 15 is 0 Å². The van der Waals surface area contributed by atoms with Gasteiger partial charge in [0.15, 0.2) is 0 Å². The van der Waals surface area contributed by atoms with Crippen LogP contribution in [-0.4, -0.2) is 34.3 Å². The van der Waals surface area contributed by atoms with Crippen molar-refractivity contribution in [2.75, 3.05) is 23.3 Å². The fraction of sp³-hybridized carbons (Fsp3) is 0.333. The van der Waals surface area contributed by atoms with Crippen molar-refractivity contribution >= 4 is 33.6 Å². The summed E-state index contributed by atoms with van der Waals surface area (Å²) in [5, 5.41) is 30.5. The number of phenolic OH excluding ortho intramolecular Hbond substituents is 1. The Kier molecular flexibility index (Phi) is 5.49. The molecule has 2 aromatic rings. The predicted octanol–water partition coefficient (Wildman–Crippen LogP) is 3.03. The van der Waals surface area contributed by atoms with E-state index in [2.05, 4.69) is 27.3 Å². The van der Waals surface area contributed by atoms with Crippen LogP contribution in [0.15, 0.2) is 29.8 Å². The molecule has 0 bridgehead atoms. The number of rotatable bonds is 4. The molecule has 26 heavy (non-hydrogen) atoms. The van der Waals surface area contributed by atoms with Crippen molar-refractivity contribution in [1.82, 2.24) is 10.2 Å². The molecule has 3 rings (SSSR count). The molecule has 8 heteroatoms. The van der Waals surface area contributed by atoms with Crippen LogP contribution in [0, 0.1) is 17.2 Å². The molecule has 1 aromatic carbocycles. The van der Waals surface area contributed by atoms with Crippen molar-refractivity contribution in [3.63, 3.8) is 0 Å². The maximum Gasteiger partial charge on any atom is 0.268 e. The number of aromatic hydroxyl groups is 1. The lowest BCUT2D eigenvalue weighted by molar-refractivity contribution is -0.112. The van der Waals surface area contributed by atoms with Gasteiger partial charge >= 0.3 is 0 Å². The van der Waals surface area contributed by atoms with Crippen LogP contribution >= 0.6 is 11.3 Å². The summed E-state index contributed by atoms with van der Waals surface area (Å²) in [7, 11) is 0. The number of nitrogens with zero attached hydrogens (tertiary/aromatic N) is 4. The second-order valence-corrected chi connectivity index (χ2v) is 7.23. The second kappa shape index (κ2) is 7.97. The highest BCUT2D eigenvalue weighted by molar-refractivity contribution is 7.19. The van der Waals surface area contributed by atoms with Gasteiger partial charge in [0.25, 0.3) is 5.91 Å². The number of carbonyl (C=O) groups excluding carboxylic acids is 1. The van der Waals surface area contributed by atoms with Gasteiger partial charge in [-0.05, 0) is 42.5 Å². The van der Waals surface area contributed by atoms with Gasteiger partial charge in [-0.25, -0.2) is 0 Å². The van der Waals surface area contributed by atoms with Gasteiger partial charge in [-0.15, -0.1) is 10.2 Å². The Labute approximate surface area is 155 Å². The SMILES string of the molecule is CC1CCN(c2nnc(NC(=O)/C(C#N)=C\c3ccc(O)cc3)s2)CC1. The molecule has 0 unspecified atom stereocenters. The molecular formula is C18H19N5O2S. The van der Waals surface area contributed by atoms with Crippen LogP contribution in [0.25, 0.3) is 6.08 Å². The number of amides is 1. The van der Waals surface area contributed by atoms with Crippen molar-refractivity contribution < 1.29 is 9.90 Å². The molecule has 1 aromatic heterocycles. The van der Waals surface area contributed by atoms with E-state index in [1.807, 2.05) is 6.07 Å². The van der Waals surface area contributed by atoms with Crippen LogP contribution in [0.1, 0.15) is 25.3 Å². The monoisotopic (exact) mass is 369 g/mol. The first kappa shape index (κ1) is 17.9. The van der Waals surface area contributed by atoms with Crippen LogP contribution < -0.4 is 10.2 Å². The number of hydrogen-bond acceptors (Lipinski definition) is 7. The summed E-state index contributed by atoms with van der Waals surface area (Å²) in [4.78, 5) is 14.5. The molecule has 0 atom stereocenters. The Morgan fingerprint density at radius 2 is 2.04 bits per heavy atom. The van der Waals surface area contributed by atoms with Crippen LogP contribution in [0.2, 0.25) is 0 Å². The Hall–Kier alpha value is -2.92. The Bertz CT molecular complexity index is 845. The summed E-state index contributed by atoms with van der Waals surface area (Å²) in [5.74, 6) is 0.315. The minimum atomic E-state index is -0.532. The highest BCUT2D eigenvalue weighted by Crippen LogP contribution is 2.28. The molecule has 1 fully saturated rings. The van der Waals surface area contributed by atoms with Gasteiger partial charge in [0.1, 0.15) is 17.4 Å². The van der Waals surface area contributed by atoms with E-state index in [0.29, 0.717) is 10.7 Å². The fourth-order valence-corrected chi connectivity index (χ4v) is 3.44. The number of phenols is 1. The lowest BCUT2D eigenvalue weighted by Crippen LogP contribution is -2.32. The van der Waals surface area contributed by atoms with Crippen molar-refractivity contribution in [2.45, 2.75) is 19.8 Å². The normalized spacial score (nSPS) is 15.5. The molecule has 0 radical (unpaired) electrons. The smallest absolute Gasteiger partial charge is 0.268 e. The lowest BCUT2D eigenvalue weighted by atomic mass is 10.00. The molecule has 1 aliphatic heterocycles. The first-order chi connectivity index (χ1) is 12.5. The average molecular weight is 369 g/mol. The largest absolute Gasteiger partial charge is 0.508 e. The zero-order chi connectivity index (χ0) is 18.5. The molecule has 2 heterocycles. The third-order valence-electron chi connectivity index (χ3n) is 4.26. The molecule has 0 saturated carbocycles. The molecule has 1 saturated heterocycles. The molecule has 7 nitrogen and oxygen atoms in total. The number of piperidine rings is 1. The molecule has 1 aliphatic rings. The number of hydrogen-bond donors (Lipinski definition) is 2. The number of aromatic nitrogens is 2. The number of benzene rings is 1. The maximum atomic E-state index is 12.3. The summed E-state index contributed by atoms with van der Waals surface area (Å²) in [6.45, 7) is 4.12. The summed E-state index contributed by atoms with van der Waals surface area (Å²) in [5.41, 5.74) is 0.606. The number of anilines is 2. The third kappa shape index (κ3) is 4.37. The minimum absolute atomic E-state index is 0.0424. The first-order valence-corrected chi connectivity index (χ1v) is 9.17. The summed E-state index contributed by atoms with van der Waals surface area (Å²) in [6, 6.07) is 8.13. The van der Waals surface area contributed by atoms with Gasteiger partial charge in [-0.2, -0.15) is 5.26 Å². The zero-order valence-electron chi connectivity index (χ0n) is 14.3. The standard InChI is InChI=1S/C18H19N5O2S/c1-12-6-8-23(9-7-12)18-22-21-17(26-18)20-16(25)14(11-19)10-13-2-4-15(24)5-3-13/h2-5,10,12,24H,6-9H2,1H3,(H,20,21,25)/b14-10-. The summed E-state index contributed by atoms with van der Waals surface area (Å²) < 4.78 is 0. The van der Waals surface area contributed by atoms with E-state index in [-0.39, 0.29) is 11.3 Å². The minimum Gasteiger partial charge on any atom is -0.508 e. The summed E-state index contributed by atoms with van der Waals surface area (Å²) >= 11 is 1.31. The molecule has 0 spiro atoms. The van der Waals surface area contributed by atoms with E-state index in [0.717, 1.165) is 37.0 Å². The zero-order valence-corrected chi connectivity index (χ0v) is 15.2.